The van der Waals surface area contributed by atoms with Crippen molar-refractivity contribution in [3.8, 4) is 6.07 Å². The van der Waals surface area contributed by atoms with Gasteiger partial charge in [0.1, 0.15) is 11.4 Å². The summed E-state index contributed by atoms with van der Waals surface area (Å²) >= 11 is 5.44. The van der Waals surface area contributed by atoms with Crippen molar-refractivity contribution in [3.63, 3.8) is 0 Å². The third kappa shape index (κ3) is 3.41. The summed E-state index contributed by atoms with van der Waals surface area (Å²) in [5.41, 5.74) is -3.19. The van der Waals surface area contributed by atoms with E-state index in [0.29, 0.717) is 25.3 Å². The molecule has 33 heavy (non-hydrogen) atoms. The molecule has 0 atom stereocenters. The van der Waals surface area contributed by atoms with Gasteiger partial charge in [-0.2, -0.15) is 18.4 Å². The van der Waals surface area contributed by atoms with Gasteiger partial charge in [-0.25, -0.2) is 4.39 Å². The molecule has 1 aliphatic carbocycles. The van der Waals surface area contributed by atoms with Gasteiger partial charge in [-0.15, -0.1) is 0 Å². The number of amides is 2. The number of anilines is 2. The summed E-state index contributed by atoms with van der Waals surface area (Å²) in [7, 11) is 1.35. The van der Waals surface area contributed by atoms with Gasteiger partial charge in [-0.1, -0.05) is 0 Å². The van der Waals surface area contributed by atoms with Crippen molar-refractivity contribution in [3.05, 3.63) is 58.9 Å². The minimum absolute atomic E-state index is 0.155. The molecule has 11 heteroatoms. The van der Waals surface area contributed by atoms with Gasteiger partial charge in [0.25, 0.3) is 11.8 Å². The standard InChI is InChI=1S/C22H16F4N4O2S/c1-28-18(31)14-5-4-13(10-16(14)23)30-20(33)29(19(32)21(30)7-2-8-21)17-6-3-12(11-27)9-15(17)22(24,25)26/h3-6,9-10H,2,7-8H2,1H3,(H,28,31). The lowest BCUT2D eigenvalue weighted by molar-refractivity contribution is -0.137. The van der Waals surface area contributed by atoms with Gasteiger partial charge >= 0.3 is 6.18 Å². The first-order valence-corrected chi connectivity index (χ1v) is 10.3. The molecular weight excluding hydrogens is 460 g/mol. The Balaban J connectivity index is 1.84. The van der Waals surface area contributed by atoms with Gasteiger partial charge < -0.3 is 10.2 Å². The van der Waals surface area contributed by atoms with Crippen LogP contribution >= 0.6 is 12.2 Å². The third-order valence-corrected chi connectivity index (χ3v) is 6.31. The molecule has 2 amide bonds. The van der Waals surface area contributed by atoms with E-state index in [4.69, 9.17) is 17.5 Å². The first-order valence-electron chi connectivity index (χ1n) is 9.87. The number of rotatable bonds is 3. The largest absolute Gasteiger partial charge is 0.418 e. The summed E-state index contributed by atoms with van der Waals surface area (Å²) in [6, 6.07) is 8.21. The molecule has 1 spiro atoms. The maximum Gasteiger partial charge on any atom is 0.418 e. The zero-order valence-corrected chi connectivity index (χ0v) is 18.0. The number of benzene rings is 2. The average molecular weight is 476 g/mol. The van der Waals surface area contributed by atoms with Crippen LogP contribution in [0.25, 0.3) is 0 Å². The van der Waals surface area contributed by atoms with Crippen LogP contribution in [0, 0.1) is 17.1 Å². The smallest absolute Gasteiger partial charge is 0.355 e. The SMILES string of the molecule is CNC(=O)c1ccc(N2C(=S)N(c3ccc(C#N)cc3C(F)(F)F)C(=O)C23CCC3)cc1F. The molecule has 1 saturated heterocycles. The number of carbonyl (C=O) groups excluding carboxylic acids is 2. The van der Waals surface area contributed by atoms with Crippen molar-refractivity contribution in [1.29, 1.82) is 5.26 Å². The molecule has 1 heterocycles. The molecule has 0 bridgehead atoms. The minimum Gasteiger partial charge on any atom is -0.355 e. The lowest BCUT2D eigenvalue weighted by Gasteiger charge is -2.43. The Bertz CT molecular complexity index is 1230. The Hall–Kier alpha value is -3.52. The van der Waals surface area contributed by atoms with Crippen LogP contribution < -0.4 is 15.1 Å². The number of thiocarbonyl (C=S) groups is 1. The highest BCUT2D eigenvalue weighted by Gasteiger charge is 2.60. The van der Waals surface area contributed by atoms with Crippen molar-refractivity contribution in [1.82, 2.24) is 5.32 Å². The van der Waals surface area contributed by atoms with Crippen LogP contribution in [0.1, 0.15) is 40.7 Å². The van der Waals surface area contributed by atoms with E-state index in [1.54, 1.807) is 6.07 Å². The van der Waals surface area contributed by atoms with Crippen molar-refractivity contribution in [2.75, 3.05) is 16.8 Å². The summed E-state index contributed by atoms with van der Waals surface area (Å²) in [5, 5.41) is 11.1. The Morgan fingerprint density at radius 1 is 1.21 bits per heavy atom. The molecule has 2 aromatic rings. The number of hydrogen-bond donors (Lipinski definition) is 1. The average Bonchev–Trinajstić information content (AvgIpc) is 2.98. The molecule has 1 aliphatic heterocycles. The van der Waals surface area contributed by atoms with Crippen LogP contribution in [0.3, 0.4) is 0 Å². The lowest BCUT2D eigenvalue weighted by Crippen LogP contribution is -2.55. The summed E-state index contributed by atoms with van der Waals surface area (Å²) in [6.07, 6.45) is -3.58. The highest BCUT2D eigenvalue weighted by molar-refractivity contribution is 7.81. The normalized spacial score (nSPS) is 17.2. The van der Waals surface area contributed by atoms with E-state index in [1.165, 1.54) is 30.1 Å². The van der Waals surface area contributed by atoms with Gasteiger partial charge in [-0.05, 0) is 67.9 Å². The Kier molecular flexibility index (Phi) is 5.36. The van der Waals surface area contributed by atoms with Gasteiger partial charge in [0, 0.05) is 12.7 Å². The molecule has 0 radical (unpaired) electrons. The highest BCUT2D eigenvalue weighted by atomic mass is 32.1. The fourth-order valence-corrected chi connectivity index (χ4v) is 4.64. The minimum atomic E-state index is -4.85. The van der Waals surface area contributed by atoms with E-state index in [1.807, 2.05) is 0 Å². The molecule has 0 unspecified atom stereocenters. The van der Waals surface area contributed by atoms with Crippen LogP contribution in [-0.4, -0.2) is 29.5 Å². The Labute approximate surface area is 191 Å². The van der Waals surface area contributed by atoms with Crippen molar-refractivity contribution < 1.29 is 27.2 Å². The topological polar surface area (TPSA) is 76.4 Å². The molecule has 1 saturated carbocycles. The predicted molar refractivity (Wildman–Crippen MR) is 115 cm³/mol. The fraction of sp³-hybridized carbons (Fsp3) is 0.273. The third-order valence-electron chi connectivity index (χ3n) is 5.95. The zero-order chi connectivity index (χ0) is 24.1. The van der Waals surface area contributed by atoms with E-state index in [2.05, 4.69) is 5.32 Å². The number of carbonyl (C=O) groups is 2. The maximum absolute atomic E-state index is 14.7. The maximum atomic E-state index is 14.7. The van der Waals surface area contributed by atoms with Crippen molar-refractivity contribution in [2.24, 2.45) is 0 Å². The van der Waals surface area contributed by atoms with Crippen molar-refractivity contribution in [2.45, 2.75) is 31.0 Å². The van der Waals surface area contributed by atoms with Gasteiger partial charge in [-0.3, -0.25) is 14.5 Å². The Morgan fingerprint density at radius 3 is 2.42 bits per heavy atom. The molecule has 2 aliphatic rings. The monoisotopic (exact) mass is 476 g/mol. The fourth-order valence-electron chi connectivity index (χ4n) is 4.18. The van der Waals surface area contributed by atoms with Crippen LogP contribution in [0.4, 0.5) is 28.9 Å². The summed E-state index contributed by atoms with van der Waals surface area (Å²) < 4.78 is 56.0. The summed E-state index contributed by atoms with van der Waals surface area (Å²) in [6.45, 7) is 0. The Morgan fingerprint density at radius 2 is 1.91 bits per heavy atom. The van der Waals surface area contributed by atoms with Gasteiger partial charge in [0.05, 0.1) is 28.4 Å². The van der Waals surface area contributed by atoms with Crippen LogP contribution in [0.5, 0.6) is 0 Å². The number of hydrogen-bond acceptors (Lipinski definition) is 4. The van der Waals surface area contributed by atoms with E-state index in [-0.39, 0.29) is 21.9 Å². The second-order valence-electron chi connectivity index (χ2n) is 7.73. The number of nitrogens with one attached hydrogen (secondary N) is 1. The van der Waals surface area contributed by atoms with Gasteiger partial charge in [0.15, 0.2) is 5.11 Å². The highest BCUT2D eigenvalue weighted by Crippen LogP contribution is 2.49. The predicted octanol–water partition coefficient (Wildman–Crippen LogP) is 4.14. The first kappa shape index (κ1) is 22.7. The van der Waals surface area contributed by atoms with Crippen LogP contribution in [-0.2, 0) is 11.0 Å². The van der Waals surface area contributed by atoms with E-state index in [0.717, 1.165) is 17.0 Å². The molecule has 2 fully saturated rings. The summed E-state index contributed by atoms with van der Waals surface area (Å²) in [4.78, 5) is 27.4. The molecule has 2 aromatic carbocycles. The van der Waals surface area contributed by atoms with Gasteiger partial charge in [0.2, 0.25) is 0 Å². The summed E-state index contributed by atoms with van der Waals surface area (Å²) in [5.74, 6) is -2.15. The molecule has 170 valence electrons. The first-order chi connectivity index (χ1) is 15.5. The molecule has 0 aromatic heterocycles. The second kappa shape index (κ2) is 7.81. The van der Waals surface area contributed by atoms with Crippen LogP contribution in [0.15, 0.2) is 36.4 Å². The van der Waals surface area contributed by atoms with Crippen LogP contribution in [0.2, 0.25) is 0 Å². The molecule has 6 nitrogen and oxygen atoms in total. The van der Waals surface area contributed by atoms with E-state index >= 15 is 0 Å². The number of nitrogens with zero attached hydrogens (tertiary/aromatic N) is 3. The van der Waals surface area contributed by atoms with E-state index in [9.17, 15) is 27.2 Å². The lowest BCUT2D eigenvalue weighted by atomic mass is 9.75. The van der Waals surface area contributed by atoms with Crippen molar-refractivity contribution >= 4 is 40.5 Å². The number of alkyl halides is 3. The number of halogens is 4. The quantitative estimate of drug-likeness (QED) is 0.533. The molecular formula is C22H16F4N4O2S. The molecule has 4 rings (SSSR count). The number of nitriles is 1. The molecule has 1 N–H and O–H groups in total. The van der Waals surface area contributed by atoms with E-state index < -0.39 is 40.6 Å². The zero-order valence-electron chi connectivity index (χ0n) is 17.2. The second-order valence-corrected chi connectivity index (χ2v) is 8.09.